The van der Waals surface area contributed by atoms with E-state index in [1.807, 2.05) is 36.6 Å². The van der Waals surface area contributed by atoms with Crippen molar-refractivity contribution in [1.29, 1.82) is 5.26 Å². The van der Waals surface area contributed by atoms with Gasteiger partial charge in [0.05, 0.1) is 17.9 Å². The van der Waals surface area contributed by atoms with Gasteiger partial charge >= 0.3 is 0 Å². The van der Waals surface area contributed by atoms with Gasteiger partial charge in [-0.1, -0.05) is 23.9 Å². The highest BCUT2D eigenvalue weighted by Crippen LogP contribution is 2.25. The molecule has 2 unspecified atom stereocenters. The van der Waals surface area contributed by atoms with Crippen molar-refractivity contribution in [2.45, 2.75) is 31.2 Å². The highest BCUT2D eigenvalue weighted by atomic mass is 32.2. The Labute approximate surface area is 168 Å². The van der Waals surface area contributed by atoms with Gasteiger partial charge in [0.15, 0.2) is 5.16 Å². The zero-order valence-corrected chi connectivity index (χ0v) is 17.1. The van der Waals surface area contributed by atoms with Gasteiger partial charge in [0.2, 0.25) is 0 Å². The van der Waals surface area contributed by atoms with Crippen LogP contribution < -0.4 is 10.3 Å². The number of hydrogen-bond acceptors (Lipinski definition) is 7. The maximum Gasteiger partial charge on any atom is 0.270 e. The van der Waals surface area contributed by atoms with Crippen molar-refractivity contribution < 1.29 is 9.47 Å². The molecule has 0 aliphatic carbocycles. The van der Waals surface area contributed by atoms with Crippen molar-refractivity contribution in [2.24, 2.45) is 0 Å². The van der Waals surface area contributed by atoms with Crippen molar-refractivity contribution >= 4 is 11.8 Å². The lowest BCUT2D eigenvalue weighted by Gasteiger charge is -2.35. The number of nitriles is 1. The Hall–Kier alpha value is -2.34. The van der Waals surface area contributed by atoms with E-state index < -0.39 is 5.56 Å². The first kappa shape index (κ1) is 20.4. The second-order valence-corrected chi connectivity index (χ2v) is 7.60. The van der Waals surface area contributed by atoms with Crippen LogP contribution in [0.4, 0.5) is 0 Å². The predicted octanol–water partition coefficient (Wildman–Crippen LogP) is 2.52. The summed E-state index contributed by atoms with van der Waals surface area (Å²) in [6.07, 6.45) is 2.27. The summed E-state index contributed by atoms with van der Waals surface area (Å²) < 4.78 is 11.7. The summed E-state index contributed by atoms with van der Waals surface area (Å²) in [5, 5.41) is 9.83. The minimum absolute atomic E-state index is 0.00578. The van der Waals surface area contributed by atoms with Crippen molar-refractivity contribution in [3.8, 4) is 23.1 Å². The number of morpholine rings is 1. The molecule has 0 radical (unpaired) electrons. The molecule has 0 spiro atoms. The normalized spacial score (nSPS) is 19.9. The number of nitrogens with zero attached hydrogens (tertiary/aromatic N) is 3. The summed E-state index contributed by atoms with van der Waals surface area (Å²) in [6.45, 7) is 7.31. The van der Waals surface area contributed by atoms with Crippen molar-refractivity contribution in [3.63, 3.8) is 0 Å². The minimum atomic E-state index is -0.432. The molecule has 2 heterocycles. The number of ether oxygens (including phenoxy) is 2. The molecular formula is C20H24N4O3S. The fourth-order valence-electron chi connectivity index (χ4n) is 3.35. The first-order chi connectivity index (χ1) is 13.5. The largest absolute Gasteiger partial charge is 0.492 e. The Bertz CT molecular complexity index is 914. The average molecular weight is 401 g/mol. The fourth-order valence-corrected chi connectivity index (χ4v) is 3.73. The van der Waals surface area contributed by atoms with Crippen LogP contribution in [-0.2, 0) is 4.74 Å². The van der Waals surface area contributed by atoms with Crippen LogP contribution in [0, 0.1) is 11.3 Å². The van der Waals surface area contributed by atoms with Crippen molar-refractivity contribution in [2.75, 3.05) is 32.5 Å². The number of benzene rings is 1. The van der Waals surface area contributed by atoms with Gasteiger partial charge in [-0.2, -0.15) is 5.26 Å². The third-order valence-corrected chi connectivity index (χ3v) is 5.06. The van der Waals surface area contributed by atoms with Crippen LogP contribution in [0.15, 0.2) is 34.2 Å². The molecule has 1 aromatic heterocycles. The van der Waals surface area contributed by atoms with E-state index in [9.17, 15) is 10.1 Å². The van der Waals surface area contributed by atoms with E-state index in [4.69, 9.17) is 9.47 Å². The molecule has 7 nitrogen and oxygen atoms in total. The second kappa shape index (κ2) is 9.24. The first-order valence-corrected chi connectivity index (χ1v) is 10.4. The highest BCUT2D eigenvalue weighted by molar-refractivity contribution is 7.98. The molecule has 0 saturated carbocycles. The molecule has 2 atom stereocenters. The molecule has 148 valence electrons. The molecule has 1 aliphatic heterocycles. The molecule has 1 saturated heterocycles. The van der Waals surface area contributed by atoms with E-state index >= 15 is 0 Å². The van der Waals surface area contributed by atoms with Gasteiger partial charge in [-0.25, -0.2) is 4.98 Å². The van der Waals surface area contributed by atoms with E-state index in [2.05, 4.69) is 28.7 Å². The zero-order chi connectivity index (χ0) is 20.1. The minimum Gasteiger partial charge on any atom is -0.492 e. The molecule has 1 fully saturated rings. The van der Waals surface area contributed by atoms with Crippen molar-refractivity contribution in [3.05, 3.63) is 40.2 Å². The van der Waals surface area contributed by atoms with Gasteiger partial charge in [0.25, 0.3) is 5.56 Å². The lowest BCUT2D eigenvalue weighted by molar-refractivity contribution is -0.0699. The molecule has 1 N–H and O–H groups in total. The topological polar surface area (TPSA) is 91.2 Å². The SMILES string of the molecule is CSc1nc(-c2cccc(OCCN3CC(C)OC(C)C3)c2)c(C#N)c(=O)[nH]1. The molecule has 1 aromatic carbocycles. The number of rotatable bonds is 6. The second-order valence-electron chi connectivity index (χ2n) is 6.80. The maximum atomic E-state index is 12.1. The van der Waals surface area contributed by atoms with Crippen LogP contribution in [-0.4, -0.2) is 59.6 Å². The number of aromatic amines is 1. The molecule has 2 aromatic rings. The lowest BCUT2D eigenvalue weighted by atomic mass is 10.1. The number of thioether (sulfide) groups is 1. The number of H-pyrrole nitrogens is 1. The smallest absolute Gasteiger partial charge is 0.270 e. The molecule has 3 rings (SSSR count). The third kappa shape index (κ3) is 4.93. The predicted molar refractivity (Wildman–Crippen MR) is 109 cm³/mol. The Morgan fingerprint density at radius 3 is 2.82 bits per heavy atom. The van der Waals surface area contributed by atoms with Crippen LogP contribution in [0.2, 0.25) is 0 Å². The molecule has 28 heavy (non-hydrogen) atoms. The van der Waals surface area contributed by atoms with E-state index in [-0.39, 0.29) is 17.8 Å². The molecule has 0 amide bonds. The van der Waals surface area contributed by atoms with E-state index in [1.165, 1.54) is 11.8 Å². The van der Waals surface area contributed by atoms with Gasteiger partial charge in [-0.15, -0.1) is 0 Å². The summed E-state index contributed by atoms with van der Waals surface area (Å²) in [7, 11) is 0. The molecule has 1 aliphatic rings. The van der Waals surface area contributed by atoms with Crippen LogP contribution in [0.5, 0.6) is 5.75 Å². The summed E-state index contributed by atoms with van der Waals surface area (Å²) in [5.41, 5.74) is 0.630. The van der Waals surface area contributed by atoms with Crippen LogP contribution in [0.1, 0.15) is 19.4 Å². The maximum absolute atomic E-state index is 12.1. The first-order valence-electron chi connectivity index (χ1n) is 9.19. The zero-order valence-electron chi connectivity index (χ0n) is 16.3. The monoisotopic (exact) mass is 400 g/mol. The number of nitrogens with one attached hydrogen (secondary N) is 1. The standard InChI is InChI=1S/C20H24N4O3S/c1-13-11-24(12-14(2)27-13)7-8-26-16-6-4-5-15(9-16)18-17(10-21)19(25)23-20(22-18)28-3/h4-6,9,13-14H,7-8,11-12H2,1-3H3,(H,22,23,25). The highest BCUT2D eigenvalue weighted by Gasteiger charge is 2.21. The van der Waals surface area contributed by atoms with Crippen LogP contribution in [0.25, 0.3) is 11.3 Å². The van der Waals surface area contributed by atoms with Crippen LogP contribution >= 0.6 is 11.8 Å². The molecular weight excluding hydrogens is 376 g/mol. The van der Waals surface area contributed by atoms with Gasteiger partial charge in [-0.3, -0.25) is 9.69 Å². The Morgan fingerprint density at radius 1 is 1.39 bits per heavy atom. The van der Waals surface area contributed by atoms with Gasteiger partial charge in [0, 0.05) is 25.2 Å². The summed E-state index contributed by atoms with van der Waals surface area (Å²) >= 11 is 1.32. The Kier molecular flexibility index (Phi) is 6.73. The Balaban J connectivity index is 1.72. The summed E-state index contributed by atoms with van der Waals surface area (Å²) in [6, 6.07) is 9.30. The Morgan fingerprint density at radius 2 is 2.14 bits per heavy atom. The molecule has 8 heteroatoms. The third-order valence-electron chi connectivity index (χ3n) is 4.48. The lowest BCUT2D eigenvalue weighted by Crippen LogP contribution is -2.46. The van der Waals surface area contributed by atoms with E-state index in [0.717, 1.165) is 19.6 Å². The van der Waals surface area contributed by atoms with E-state index in [0.29, 0.717) is 28.8 Å². The van der Waals surface area contributed by atoms with Crippen LogP contribution in [0.3, 0.4) is 0 Å². The summed E-state index contributed by atoms with van der Waals surface area (Å²) in [4.78, 5) is 21.5. The number of hydrogen-bond donors (Lipinski definition) is 1. The summed E-state index contributed by atoms with van der Waals surface area (Å²) in [5.74, 6) is 0.684. The van der Waals surface area contributed by atoms with E-state index in [1.54, 1.807) is 0 Å². The number of aromatic nitrogens is 2. The fraction of sp³-hybridized carbons (Fsp3) is 0.450. The van der Waals surface area contributed by atoms with Crippen molar-refractivity contribution in [1.82, 2.24) is 14.9 Å². The average Bonchev–Trinajstić information content (AvgIpc) is 2.67. The quantitative estimate of drug-likeness (QED) is 0.588. The van der Waals surface area contributed by atoms with Gasteiger partial charge in [0.1, 0.15) is 24.0 Å². The van der Waals surface area contributed by atoms with Gasteiger partial charge in [-0.05, 0) is 32.2 Å². The van der Waals surface area contributed by atoms with Gasteiger partial charge < -0.3 is 14.5 Å². The molecule has 0 bridgehead atoms.